The normalized spacial score (nSPS) is 34.1. The largest absolute Gasteiger partial charge is 0.355 e. The third-order valence-corrected chi connectivity index (χ3v) is 3.45. The van der Waals surface area contributed by atoms with E-state index in [1.165, 1.54) is 12.8 Å². The number of nitriles is 1. The number of rotatable bonds is 3. The molecule has 0 heterocycles. The predicted molar refractivity (Wildman–Crippen MR) is 52.2 cm³/mol. The summed E-state index contributed by atoms with van der Waals surface area (Å²) in [6.07, 6.45) is 5.15. The quantitative estimate of drug-likeness (QED) is 0.688. The molecule has 3 nitrogen and oxygen atoms in total. The summed E-state index contributed by atoms with van der Waals surface area (Å²) in [7, 11) is 0. The first-order chi connectivity index (χ1) is 6.81. The second-order valence-electron chi connectivity index (χ2n) is 4.46. The summed E-state index contributed by atoms with van der Waals surface area (Å²) in [6.45, 7) is 0.514. The van der Waals surface area contributed by atoms with Gasteiger partial charge in [0.15, 0.2) is 0 Å². The number of nitrogens with one attached hydrogen (secondary N) is 1. The molecule has 0 aromatic rings. The van der Waals surface area contributed by atoms with Gasteiger partial charge in [0.25, 0.3) is 0 Å². The van der Waals surface area contributed by atoms with E-state index in [0.717, 1.165) is 24.7 Å². The van der Waals surface area contributed by atoms with Gasteiger partial charge in [0.05, 0.1) is 12.5 Å². The minimum atomic E-state index is 0.172. The molecule has 3 atom stereocenters. The van der Waals surface area contributed by atoms with Crippen LogP contribution in [-0.4, -0.2) is 12.5 Å². The standard InChI is InChI=1S/C11H16N2O/c12-4-1-5-13-11(14)9-3-2-8-6-10(8)7-9/h8-10H,1-3,5-7H2,(H,13,14). The van der Waals surface area contributed by atoms with Crippen molar-refractivity contribution in [2.24, 2.45) is 17.8 Å². The lowest BCUT2D eigenvalue weighted by atomic mass is 9.88. The summed E-state index contributed by atoms with van der Waals surface area (Å²) < 4.78 is 0. The van der Waals surface area contributed by atoms with E-state index in [1.807, 2.05) is 6.07 Å². The highest BCUT2D eigenvalue weighted by Gasteiger charge is 2.43. The minimum absolute atomic E-state index is 0.172. The Morgan fingerprint density at radius 3 is 2.93 bits per heavy atom. The molecule has 1 amide bonds. The minimum Gasteiger partial charge on any atom is -0.355 e. The number of carbonyl (C=O) groups excluding carboxylic acids is 1. The van der Waals surface area contributed by atoms with Crippen molar-refractivity contribution < 1.29 is 4.79 Å². The lowest BCUT2D eigenvalue weighted by Crippen LogP contribution is -2.32. The van der Waals surface area contributed by atoms with Crippen LogP contribution in [0.4, 0.5) is 0 Å². The Bertz CT molecular complexity index is 269. The molecule has 0 bridgehead atoms. The molecule has 0 radical (unpaired) electrons. The number of carbonyl (C=O) groups is 1. The van der Waals surface area contributed by atoms with Gasteiger partial charge >= 0.3 is 0 Å². The topological polar surface area (TPSA) is 52.9 Å². The molecule has 1 N–H and O–H groups in total. The number of amides is 1. The molecule has 76 valence electrons. The van der Waals surface area contributed by atoms with Crippen LogP contribution in [0.25, 0.3) is 0 Å². The molecule has 2 aliphatic rings. The van der Waals surface area contributed by atoms with Crippen molar-refractivity contribution >= 4 is 5.91 Å². The Hall–Kier alpha value is -1.04. The Kier molecular flexibility index (Phi) is 2.72. The smallest absolute Gasteiger partial charge is 0.223 e. The van der Waals surface area contributed by atoms with E-state index in [0.29, 0.717) is 13.0 Å². The Morgan fingerprint density at radius 1 is 1.36 bits per heavy atom. The third-order valence-electron chi connectivity index (χ3n) is 3.45. The van der Waals surface area contributed by atoms with Gasteiger partial charge in [-0.3, -0.25) is 4.79 Å². The lowest BCUT2D eigenvalue weighted by Gasteiger charge is -2.19. The molecule has 0 aliphatic heterocycles. The van der Waals surface area contributed by atoms with E-state index < -0.39 is 0 Å². The molecule has 14 heavy (non-hydrogen) atoms. The van der Waals surface area contributed by atoms with Crippen LogP contribution in [0.5, 0.6) is 0 Å². The highest BCUT2D eigenvalue weighted by molar-refractivity contribution is 5.78. The second kappa shape index (κ2) is 4.00. The molecule has 2 saturated carbocycles. The summed E-state index contributed by atoms with van der Waals surface area (Å²) in [5, 5.41) is 11.2. The average molecular weight is 192 g/mol. The van der Waals surface area contributed by atoms with E-state index in [9.17, 15) is 4.79 Å². The molecule has 0 aromatic carbocycles. The molecular formula is C11H16N2O. The van der Waals surface area contributed by atoms with Crippen molar-refractivity contribution in [2.45, 2.75) is 32.1 Å². The van der Waals surface area contributed by atoms with E-state index >= 15 is 0 Å². The van der Waals surface area contributed by atoms with Gasteiger partial charge in [0.1, 0.15) is 0 Å². The zero-order valence-electron chi connectivity index (χ0n) is 8.33. The van der Waals surface area contributed by atoms with Crippen molar-refractivity contribution in [1.29, 1.82) is 5.26 Å². The Labute approximate surface area is 84.5 Å². The Balaban J connectivity index is 1.71. The van der Waals surface area contributed by atoms with Crippen LogP contribution in [0.15, 0.2) is 0 Å². The van der Waals surface area contributed by atoms with Crippen LogP contribution >= 0.6 is 0 Å². The van der Waals surface area contributed by atoms with E-state index in [4.69, 9.17) is 5.26 Å². The van der Waals surface area contributed by atoms with Crippen molar-refractivity contribution in [3.05, 3.63) is 0 Å². The van der Waals surface area contributed by atoms with Crippen LogP contribution in [0, 0.1) is 29.1 Å². The van der Waals surface area contributed by atoms with Crippen LogP contribution in [-0.2, 0) is 4.79 Å². The van der Waals surface area contributed by atoms with Gasteiger partial charge in [-0.25, -0.2) is 0 Å². The summed E-state index contributed by atoms with van der Waals surface area (Å²) >= 11 is 0. The average Bonchev–Trinajstić information content (AvgIpc) is 2.95. The van der Waals surface area contributed by atoms with Crippen LogP contribution in [0.1, 0.15) is 32.1 Å². The van der Waals surface area contributed by atoms with Crippen molar-refractivity contribution in [3.63, 3.8) is 0 Å². The summed E-state index contributed by atoms with van der Waals surface area (Å²) in [5.74, 6) is 2.19. The van der Waals surface area contributed by atoms with Crippen molar-refractivity contribution in [2.75, 3.05) is 6.54 Å². The molecule has 3 heteroatoms. The molecule has 2 rings (SSSR count). The highest BCUT2D eigenvalue weighted by Crippen LogP contribution is 2.51. The van der Waals surface area contributed by atoms with E-state index in [-0.39, 0.29) is 11.8 Å². The third kappa shape index (κ3) is 2.06. The second-order valence-corrected chi connectivity index (χ2v) is 4.46. The van der Waals surface area contributed by atoms with Crippen LogP contribution in [0.3, 0.4) is 0 Å². The predicted octanol–water partition coefficient (Wildman–Crippen LogP) is 1.45. The number of fused-ring (bicyclic) bond motifs is 1. The van der Waals surface area contributed by atoms with E-state index in [1.54, 1.807) is 0 Å². The first-order valence-corrected chi connectivity index (χ1v) is 5.46. The first-order valence-electron chi connectivity index (χ1n) is 5.46. The SMILES string of the molecule is N#CCCNC(=O)C1CCC2CC2C1. The van der Waals surface area contributed by atoms with Crippen LogP contribution < -0.4 is 5.32 Å². The number of hydrogen-bond donors (Lipinski definition) is 1. The fraction of sp³-hybridized carbons (Fsp3) is 0.818. The zero-order valence-corrected chi connectivity index (χ0v) is 8.33. The van der Waals surface area contributed by atoms with E-state index in [2.05, 4.69) is 5.32 Å². The van der Waals surface area contributed by atoms with Gasteiger partial charge < -0.3 is 5.32 Å². The van der Waals surface area contributed by atoms with Gasteiger partial charge in [-0.15, -0.1) is 0 Å². The molecule has 0 spiro atoms. The number of hydrogen-bond acceptors (Lipinski definition) is 2. The van der Waals surface area contributed by atoms with Gasteiger partial charge in [-0.1, -0.05) is 0 Å². The molecule has 0 aromatic heterocycles. The van der Waals surface area contributed by atoms with Gasteiger partial charge in [-0.05, 0) is 37.5 Å². The maximum Gasteiger partial charge on any atom is 0.223 e. The fourth-order valence-corrected chi connectivity index (χ4v) is 2.48. The zero-order chi connectivity index (χ0) is 9.97. The lowest BCUT2D eigenvalue weighted by molar-refractivity contribution is -0.125. The monoisotopic (exact) mass is 192 g/mol. The fourth-order valence-electron chi connectivity index (χ4n) is 2.48. The van der Waals surface area contributed by atoms with Gasteiger partial charge in [0.2, 0.25) is 5.91 Å². The Morgan fingerprint density at radius 2 is 2.21 bits per heavy atom. The summed E-state index contributed by atoms with van der Waals surface area (Å²) in [6, 6.07) is 2.03. The maximum absolute atomic E-state index is 11.6. The molecular weight excluding hydrogens is 176 g/mol. The van der Waals surface area contributed by atoms with Gasteiger partial charge in [0, 0.05) is 12.5 Å². The summed E-state index contributed by atoms with van der Waals surface area (Å²) in [5.41, 5.74) is 0. The maximum atomic E-state index is 11.6. The van der Waals surface area contributed by atoms with Gasteiger partial charge in [-0.2, -0.15) is 5.26 Å². The molecule has 0 saturated heterocycles. The molecule has 3 unspecified atom stereocenters. The summed E-state index contributed by atoms with van der Waals surface area (Å²) in [4.78, 5) is 11.6. The molecule has 2 aliphatic carbocycles. The first kappa shape index (κ1) is 9.51. The van der Waals surface area contributed by atoms with Crippen LogP contribution in [0.2, 0.25) is 0 Å². The highest BCUT2D eigenvalue weighted by atomic mass is 16.1. The molecule has 2 fully saturated rings. The number of nitrogens with zero attached hydrogens (tertiary/aromatic N) is 1. The van der Waals surface area contributed by atoms with Crippen molar-refractivity contribution in [1.82, 2.24) is 5.32 Å². The van der Waals surface area contributed by atoms with Crippen molar-refractivity contribution in [3.8, 4) is 6.07 Å².